The molecule has 9 rings (SSSR count). The van der Waals surface area contributed by atoms with Crippen LogP contribution < -0.4 is 24.8 Å². The molecule has 352 valence electrons. The van der Waals surface area contributed by atoms with Gasteiger partial charge in [0.15, 0.2) is 0 Å². The molecule has 0 spiro atoms. The van der Waals surface area contributed by atoms with Crippen LogP contribution in [0.2, 0.25) is 0 Å². The summed E-state index contributed by atoms with van der Waals surface area (Å²) in [5, 5.41) is 6.67. The summed E-state index contributed by atoms with van der Waals surface area (Å²) in [4.78, 5) is 68.4. The van der Waals surface area contributed by atoms with Crippen LogP contribution in [0.1, 0.15) is 102 Å². The van der Waals surface area contributed by atoms with Crippen molar-refractivity contribution in [2.24, 2.45) is 11.8 Å². The number of carbonyl (C=O) groups excluding carboxylic acids is 4. The molecule has 5 heterocycles. The Morgan fingerprint density at radius 2 is 1.78 bits per heavy atom. The molecule has 4 amide bonds. The van der Waals surface area contributed by atoms with Crippen LogP contribution in [0.15, 0.2) is 42.5 Å². The molecule has 2 saturated heterocycles. The van der Waals surface area contributed by atoms with Crippen LogP contribution >= 0.6 is 0 Å². The summed E-state index contributed by atoms with van der Waals surface area (Å²) < 4.78 is 47.3. The van der Waals surface area contributed by atoms with Gasteiger partial charge in [0.2, 0.25) is 27.7 Å². The Bertz CT molecular complexity index is 2310. The topological polar surface area (TPSA) is 189 Å². The van der Waals surface area contributed by atoms with Gasteiger partial charge in [0.25, 0.3) is 5.91 Å². The summed E-state index contributed by atoms with van der Waals surface area (Å²) in [6.45, 7) is 7.13. The largest absolute Gasteiger partial charge is 0.492 e. The molecular formula is C48H65N7O9S. The maximum Gasteiger partial charge on any atom is 0.408 e. The van der Waals surface area contributed by atoms with E-state index in [9.17, 15) is 27.6 Å². The van der Waals surface area contributed by atoms with Crippen LogP contribution in [0.5, 0.6) is 11.6 Å². The standard InChI is InChI=1S/C48H65N7O9S/c1-47(20-21-47)65(60,61)52-45(58)48-30-33(48)15-8-4-3-5-10-19-38-44(57)55-31-34(29-39(55)42(56)51-48)63-43-36(17-9-6-7-14-32-28-40(32)64-46(59)50-38)41(35-16-11-12-18-37(35)49-43)62-27-13-22-54-25-23-53(2)24-26-54/h8-9,11-12,15-18,32-34,38-40H,3-7,10,13-14,19-31H2,1-2H3,(H,50,59)(H,51,56)(H,52,58)/b15-8-,17-9+/t32-,33-,34-,38+,39+,40-,48-/m1/s1. The number of fused-ring (bicyclic) bond motifs is 6. The minimum absolute atomic E-state index is 0.0109. The van der Waals surface area contributed by atoms with Gasteiger partial charge in [0, 0.05) is 50.4 Å². The Kier molecular flexibility index (Phi) is 13.2. The van der Waals surface area contributed by atoms with Crippen LogP contribution in [0.4, 0.5) is 4.79 Å². The first kappa shape index (κ1) is 45.4. The molecule has 3 N–H and O–H groups in total. The molecule has 7 atom stereocenters. The van der Waals surface area contributed by atoms with Crippen LogP contribution in [0, 0.1) is 11.8 Å². The lowest BCUT2D eigenvalue weighted by Gasteiger charge is -2.32. The van der Waals surface area contributed by atoms with E-state index in [4.69, 9.17) is 19.2 Å². The second kappa shape index (κ2) is 18.9. The number of para-hydroxylation sites is 1. The van der Waals surface area contributed by atoms with Gasteiger partial charge >= 0.3 is 6.09 Å². The van der Waals surface area contributed by atoms with E-state index in [-0.39, 0.29) is 31.4 Å². The minimum atomic E-state index is -4.01. The molecule has 1 aromatic heterocycles. The lowest BCUT2D eigenvalue weighted by Crippen LogP contribution is -2.58. The van der Waals surface area contributed by atoms with Crippen molar-refractivity contribution in [1.82, 2.24) is 35.0 Å². The quantitative estimate of drug-likeness (QED) is 0.246. The second-order valence-corrected chi connectivity index (χ2v) is 21.9. The number of aromatic nitrogens is 1. The Labute approximate surface area is 382 Å². The van der Waals surface area contributed by atoms with Crippen molar-refractivity contribution in [2.75, 3.05) is 52.9 Å². The lowest BCUT2D eigenvalue weighted by molar-refractivity contribution is -0.141. The van der Waals surface area contributed by atoms with Crippen LogP contribution in [-0.2, 0) is 29.1 Å². The number of amides is 4. The average Bonchev–Trinajstić information content (AvgIpc) is 4.24. The summed E-state index contributed by atoms with van der Waals surface area (Å²) in [5.41, 5.74) is -0.171. The Hall–Kier alpha value is -4.74. The zero-order valence-electron chi connectivity index (χ0n) is 37.8. The van der Waals surface area contributed by atoms with Crippen molar-refractivity contribution in [3.05, 3.63) is 48.1 Å². The first-order chi connectivity index (χ1) is 31.3. The van der Waals surface area contributed by atoms with Crippen molar-refractivity contribution < 1.29 is 41.8 Å². The Morgan fingerprint density at radius 3 is 2.60 bits per heavy atom. The predicted molar refractivity (Wildman–Crippen MR) is 244 cm³/mol. The zero-order valence-corrected chi connectivity index (χ0v) is 38.6. The number of carbonyl (C=O) groups is 4. The first-order valence-corrected chi connectivity index (χ1v) is 25.4. The number of nitrogens with one attached hydrogen (secondary N) is 3. The molecule has 3 saturated carbocycles. The number of hydrogen-bond acceptors (Lipinski definition) is 12. The smallest absolute Gasteiger partial charge is 0.408 e. The predicted octanol–water partition coefficient (Wildman–Crippen LogP) is 4.67. The summed E-state index contributed by atoms with van der Waals surface area (Å²) >= 11 is 0. The van der Waals surface area contributed by atoms with Crippen molar-refractivity contribution >= 4 is 50.8 Å². The summed E-state index contributed by atoms with van der Waals surface area (Å²) in [5.74, 6) is -1.08. The van der Waals surface area contributed by atoms with E-state index >= 15 is 0 Å². The van der Waals surface area contributed by atoms with Gasteiger partial charge in [-0.15, -0.1) is 0 Å². The third kappa shape index (κ3) is 10.2. The van der Waals surface area contributed by atoms with Gasteiger partial charge in [-0.25, -0.2) is 18.2 Å². The number of piperazine rings is 1. The van der Waals surface area contributed by atoms with Crippen molar-refractivity contribution in [2.45, 2.75) is 131 Å². The van der Waals surface area contributed by atoms with Gasteiger partial charge in [-0.2, -0.15) is 0 Å². The second-order valence-electron chi connectivity index (χ2n) is 19.7. The number of rotatable bonds is 8. The van der Waals surface area contributed by atoms with Crippen LogP contribution in [-0.4, -0.2) is 139 Å². The maximum absolute atomic E-state index is 14.9. The van der Waals surface area contributed by atoms with Crippen molar-refractivity contribution in [3.63, 3.8) is 0 Å². The fourth-order valence-corrected chi connectivity index (χ4v) is 11.2. The summed E-state index contributed by atoms with van der Waals surface area (Å²) in [6.07, 6.45) is 14.9. The lowest BCUT2D eigenvalue weighted by atomic mass is 10.0. The number of likely N-dealkylation sites (N-methyl/N-ethyl adjacent to an activating group) is 1. The molecule has 3 aliphatic carbocycles. The van der Waals surface area contributed by atoms with Crippen LogP contribution in [0.25, 0.3) is 17.0 Å². The molecule has 0 radical (unpaired) electrons. The molecule has 7 aliphatic rings. The van der Waals surface area contributed by atoms with E-state index in [1.165, 1.54) is 4.90 Å². The monoisotopic (exact) mass is 915 g/mol. The summed E-state index contributed by atoms with van der Waals surface area (Å²) in [7, 11) is -1.86. The average molecular weight is 916 g/mol. The number of allylic oxidation sites excluding steroid dienone is 2. The number of ether oxygens (including phenoxy) is 3. The third-order valence-corrected chi connectivity index (χ3v) is 16.9. The Balaban J connectivity index is 1.04. The molecule has 5 fully saturated rings. The number of hydrogen-bond donors (Lipinski definition) is 3. The molecular weight excluding hydrogens is 851 g/mol. The summed E-state index contributed by atoms with van der Waals surface area (Å²) in [6, 6.07) is 5.69. The number of benzene rings is 1. The van der Waals surface area contributed by atoms with E-state index in [1.807, 2.05) is 42.5 Å². The maximum atomic E-state index is 14.9. The molecule has 17 heteroatoms. The van der Waals surface area contributed by atoms with E-state index in [0.29, 0.717) is 61.4 Å². The van der Waals surface area contributed by atoms with Gasteiger partial charge in [0.05, 0.1) is 29.0 Å². The number of alkyl carbamates (subject to hydrolysis) is 1. The number of pyridine rings is 1. The molecule has 1 aromatic carbocycles. The van der Waals surface area contributed by atoms with E-state index in [1.54, 1.807) is 6.92 Å². The normalized spacial score (nSPS) is 32.0. The minimum Gasteiger partial charge on any atom is -0.492 e. The highest BCUT2D eigenvalue weighted by atomic mass is 32.2. The molecule has 3 bridgehead atoms. The van der Waals surface area contributed by atoms with E-state index < -0.39 is 68.2 Å². The SMILES string of the molecule is CN1CCN(CCCOc2c3c(nc4ccccc24)O[C@@H]2C[C@H]4C(=O)N[C@]5(C(=O)NS(=O)(=O)C6(C)CC6)C[C@H]5/C=C\CCCCC[C@H](NC(=O)O[C@@H]5C[C@H]5CCC/C=C/3)C(=O)N4C2)CC1. The Morgan fingerprint density at radius 1 is 0.985 bits per heavy atom. The number of nitrogens with zero attached hydrogens (tertiary/aromatic N) is 4. The fraction of sp³-hybridized carbons (Fsp3) is 0.646. The highest BCUT2D eigenvalue weighted by Gasteiger charge is 2.63. The van der Waals surface area contributed by atoms with Crippen molar-refractivity contribution in [3.8, 4) is 11.6 Å². The van der Waals surface area contributed by atoms with Gasteiger partial charge in [-0.3, -0.25) is 19.1 Å². The number of sulfonamides is 1. The molecule has 65 heavy (non-hydrogen) atoms. The first-order valence-electron chi connectivity index (χ1n) is 24.0. The molecule has 2 aromatic rings. The van der Waals surface area contributed by atoms with Crippen molar-refractivity contribution in [1.29, 1.82) is 0 Å². The van der Waals surface area contributed by atoms with E-state index in [0.717, 1.165) is 83.1 Å². The molecule has 4 aliphatic heterocycles. The highest BCUT2D eigenvalue weighted by Crippen LogP contribution is 2.48. The third-order valence-electron chi connectivity index (χ3n) is 14.7. The molecule has 16 nitrogen and oxygen atoms in total. The van der Waals surface area contributed by atoms with Crippen LogP contribution in [0.3, 0.4) is 0 Å². The fourth-order valence-electron chi connectivity index (χ4n) is 9.89. The van der Waals surface area contributed by atoms with Gasteiger partial charge in [-0.1, -0.05) is 43.2 Å². The van der Waals surface area contributed by atoms with Gasteiger partial charge in [0.1, 0.15) is 35.6 Å². The van der Waals surface area contributed by atoms with Gasteiger partial charge in [-0.05, 0) is 109 Å². The zero-order chi connectivity index (χ0) is 45.3. The van der Waals surface area contributed by atoms with Gasteiger partial charge < -0.3 is 39.5 Å². The molecule has 0 unspecified atom stereocenters. The van der Waals surface area contributed by atoms with E-state index in [2.05, 4.69) is 38.3 Å². The highest BCUT2D eigenvalue weighted by molar-refractivity contribution is 7.91.